The molecule has 0 unspecified atom stereocenters. The molecule has 92 valence electrons. The van der Waals surface area contributed by atoms with Crippen LogP contribution in [0.1, 0.15) is 5.56 Å². The fraction of sp³-hybridized carbons (Fsp3) is 0.143. The standard InChI is InChI=1S/C14H13BrN2O/c15-12-6-11(8-16-9-12)7-14(18)10-17-13-4-2-1-3-5-13/h1-6,8-9,17H,7,10H2. The molecule has 4 heteroatoms. The average molecular weight is 305 g/mol. The van der Waals surface area contributed by atoms with E-state index < -0.39 is 0 Å². The minimum absolute atomic E-state index is 0.138. The number of hydrogen-bond acceptors (Lipinski definition) is 3. The molecule has 1 heterocycles. The van der Waals surface area contributed by atoms with Crippen LogP contribution < -0.4 is 5.32 Å². The quantitative estimate of drug-likeness (QED) is 0.923. The second-order valence-corrected chi connectivity index (χ2v) is 4.86. The van der Waals surface area contributed by atoms with Crippen molar-refractivity contribution in [2.24, 2.45) is 0 Å². The van der Waals surface area contributed by atoms with Crippen LogP contribution >= 0.6 is 15.9 Å². The fourth-order valence-electron chi connectivity index (χ4n) is 1.60. The third-order valence-electron chi connectivity index (χ3n) is 2.43. The fourth-order valence-corrected chi connectivity index (χ4v) is 2.01. The number of carbonyl (C=O) groups is 1. The van der Waals surface area contributed by atoms with Crippen molar-refractivity contribution in [2.45, 2.75) is 6.42 Å². The first-order valence-corrected chi connectivity index (χ1v) is 6.43. The summed E-state index contributed by atoms with van der Waals surface area (Å²) in [6, 6.07) is 11.6. The highest BCUT2D eigenvalue weighted by atomic mass is 79.9. The summed E-state index contributed by atoms with van der Waals surface area (Å²) in [6.45, 7) is 0.330. The Bertz CT molecular complexity index is 528. The van der Waals surface area contributed by atoms with Gasteiger partial charge in [0.25, 0.3) is 0 Å². The predicted molar refractivity (Wildman–Crippen MR) is 75.6 cm³/mol. The SMILES string of the molecule is O=C(CNc1ccccc1)Cc1cncc(Br)c1. The van der Waals surface area contributed by atoms with Crippen molar-refractivity contribution in [1.29, 1.82) is 0 Å². The normalized spacial score (nSPS) is 10.1. The lowest BCUT2D eigenvalue weighted by Crippen LogP contribution is -2.16. The van der Waals surface area contributed by atoms with Crippen LogP contribution in [0.3, 0.4) is 0 Å². The Morgan fingerprint density at radius 3 is 2.72 bits per heavy atom. The molecule has 0 atom stereocenters. The van der Waals surface area contributed by atoms with Crippen LogP contribution in [0, 0.1) is 0 Å². The highest BCUT2D eigenvalue weighted by Gasteiger charge is 2.04. The molecule has 0 spiro atoms. The maximum Gasteiger partial charge on any atom is 0.156 e. The lowest BCUT2D eigenvalue weighted by Gasteiger charge is -2.05. The van der Waals surface area contributed by atoms with E-state index in [1.807, 2.05) is 36.4 Å². The molecule has 2 rings (SSSR count). The number of nitrogens with one attached hydrogen (secondary N) is 1. The zero-order chi connectivity index (χ0) is 12.8. The molecule has 3 nitrogen and oxygen atoms in total. The van der Waals surface area contributed by atoms with Gasteiger partial charge in [-0.2, -0.15) is 0 Å². The van der Waals surface area contributed by atoms with Gasteiger partial charge in [-0.1, -0.05) is 18.2 Å². The summed E-state index contributed by atoms with van der Waals surface area (Å²) < 4.78 is 0.892. The van der Waals surface area contributed by atoms with E-state index in [2.05, 4.69) is 26.2 Å². The molecule has 1 aromatic carbocycles. The van der Waals surface area contributed by atoms with Crippen LogP contribution in [0.15, 0.2) is 53.3 Å². The van der Waals surface area contributed by atoms with E-state index >= 15 is 0 Å². The molecular formula is C14H13BrN2O. The number of para-hydroxylation sites is 1. The third kappa shape index (κ3) is 3.96. The molecule has 0 radical (unpaired) electrons. The van der Waals surface area contributed by atoms with Gasteiger partial charge in [0.1, 0.15) is 0 Å². The number of benzene rings is 1. The van der Waals surface area contributed by atoms with Gasteiger partial charge in [0.05, 0.1) is 6.54 Å². The van der Waals surface area contributed by atoms with E-state index in [9.17, 15) is 4.79 Å². The number of Topliss-reactive ketones (excluding diaryl/α,β-unsaturated/α-hetero) is 1. The first-order chi connectivity index (χ1) is 8.74. The Morgan fingerprint density at radius 2 is 2.00 bits per heavy atom. The Morgan fingerprint density at radius 1 is 1.22 bits per heavy atom. The predicted octanol–water partition coefficient (Wildman–Crippen LogP) is 3.07. The summed E-state index contributed by atoms with van der Waals surface area (Å²) >= 11 is 3.34. The highest BCUT2D eigenvalue weighted by molar-refractivity contribution is 9.10. The second-order valence-electron chi connectivity index (χ2n) is 3.95. The smallest absolute Gasteiger partial charge is 0.156 e. The van der Waals surface area contributed by atoms with Gasteiger partial charge in [-0.15, -0.1) is 0 Å². The maximum atomic E-state index is 11.8. The van der Waals surface area contributed by atoms with E-state index in [0.717, 1.165) is 15.7 Å². The van der Waals surface area contributed by atoms with Crippen molar-refractivity contribution >= 4 is 27.4 Å². The van der Waals surface area contributed by atoms with Crippen LogP contribution in [0.2, 0.25) is 0 Å². The third-order valence-corrected chi connectivity index (χ3v) is 2.86. The van der Waals surface area contributed by atoms with Gasteiger partial charge in [0.15, 0.2) is 5.78 Å². The molecule has 0 bridgehead atoms. The van der Waals surface area contributed by atoms with Crippen molar-refractivity contribution in [3.8, 4) is 0 Å². The molecule has 0 aliphatic carbocycles. The van der Waals surface area contributed by atoms with E-state index in [4.69, 9.17) is 0 Å². The molecule has 0 aliphatic rings. The van der Waals surface area contributed by atoms with E-state index in [1.54, 1.807) is 12.4 Å². The van der Waals surface area contributed by atoms with E-state index in [-0.39, 0.29) is 5.78 Å². The van der Waals surface area contributed by atoms with Gasteiger partial charge >= 0.3 is 0 Å². The van der Waals surface area contributed by atoms with Crippen LogP contribution in [0.25, 0.3) is 0 Å². The van der Waals surface area contributed by atoms with Gasteiger partial charge in [-0.05, 0) is 39.7 Å². The number of anilines is 1. The van der Waals surface area contributed by atoms with E-state index in [0.29, 0.717) is 13.0 Å². The number of carbonyl (C=O) groups excluding carboxylic acids is 1. The number of ketones is 1. The molecule has 18 heavy (non-hydrogen) atoms. The lowest BCUT2D eigenvalue weighted by molar-refractivity contribution is -0.116. The number of halogens is 1. The lowest BCUT2D eigenvalue weighted by atomic mass is 10.1. The number of pyridine rings is 1. The van der Waals surface area contributed by atoms with Gasteiger partial charge in [0.2, 0.25) is 0 Å². The first kappa shape index (κ1) is 12.8. The monoisotopic (exact) mass is 304 g/mol. The largest absolute Gasteiger partial charge is 0.378 e. The van der Waals surface area contributed by atoms with E-state index in [1.165, 1.54) is 0 Å². The van der Waals surface area contributed by atoms with Crippen LogP contribution in [0.4, 0.5) is 5.69 Å². The summed E-state index contributed by atoms with van der Waals surface area (Å²) in [7, 11) is 0. The summed E-state index contributed by atoms with van der Waals surface area (Å²) in [4.78, 5) is 15.8. The van der Waals surface area contributed by atoms with Crippen LogP contribution in [-0.4, -0.2) is 17.3 Å². The molecule has 0 fully saturated rings. The van der Waals surface area contributed by atoms with Gasteiger partial charge in [-0.25, -0.2) is 0 Å². The van der Waals surface area contributed by atoms with Gasteiger partial charge in [0, 0.05) is 29.0 Å². The molecule has 0 aliphatic heterocycles. The van der Waals surface area contributed by atoms with Crippen molar-refractivity contribution in [1.82, 2.24) is 4.98 Å². The van der Waals surface area contributed by atoms with Gasteiger partial charge in [-0.3, -0.25) is 9.78 Å². The summed E-state index contributed by atoms with van der Waals surface area (Å²) in [5.41, 5.74) is 1.88. The molecule has 0 saturated heterocycles. The number of nitrogens with zero attached hydrogens (tertiary/aromatic N) is 1. The van der Waals surface area contributed by atoms with Crippen LogP contribution in [0.5, 0.6) is 0 Å². The molecule has 2 aromatic rings. The van der Waals surface area contributed by atoms with Gasteiger partial charge < -0.3 is 5.32 Å². The average Bonchev–Trinajstić information content (AvgIpc) is 2.38. The highest BCUT2D eigenvalue weighted by Crippen LogP contribution is 2.10. The molecule has 0 saturated carbocycles. The summed E-state index contributed by atoms with van der Waals surface area (Å²) in [5.74, 6) is 0.138. The Hall–Kier alpha value is -1.68. The van der Waals surface area contributed by atoms with Crippen LogP contribution in [-0.2, 0) is 11.2 Å². The Kier molecular flexibility index (Phi) is 4.47. The maximum absolute atomic E-state index is 11.8. The second kappa shape index (κ2) is 6.31. The number of hydrogen-bond donors (Lipinski definition) is 1. The molecule has 1 N–H and O–H groups in total. The van der Waals surface area contributed by atoms with Crippen molar-refractivity contribution < 1.29 is 4.79 Å². The molecule has 1 aromatic heterocycles. The summed E-state index contributed by atoms with van der Waals surface area (Å²) in [5, 5.41) is 3.10. The topological polar surface area (TPSA) is 42.0 Å². The number of rotatable bonds is 5. The first-order valence-electron chi connectivity index (χ1n) is 5.64. The minimum atomic E-state index is 0.138. The Labute approximate surface area is 114 Å². The zero-order valence-electron chi connectivity index (χ0n) is 9.77. The number of aromatic nitrogens is 1. The molecule has 0 amide bonds. The minimum Gasteiger partial charge on any atom is -0.378 e. The van der Waals surface area contributed by atoms with Crippen molar-refractivity contribution in [3.05, 3.63) is 58.8 Å². The summed E-state index contributed by atoms with van der Waals surface area (Å²) in [6.07, 6.45) is 3.81. The van der Waals surface area contributed by atoms with Crippen molar-refractivity contribution in [2.75, 3.05) is 11.9 Å². The zero-order valence-corrected chi connectivity index (χ0v) is 11.4. The van der Waals surface area contributed by atoms with Crippen molar-refractivity contribution in [3.63, 3.8) is 0 Å². The Balaban J connectivity index is 1.86. The molecular weight excluding hydrogens is 292 g/mol.